The summed E-state index contributed by atoms with van der Waals surface area (Å²) in [5, 5.41) is 0. The Morgan fingerprint density at radius 3 is 2.17 bits per heavy atom. The van der Waals surface area contributed by atoms with Crippen molar-refractivity contribution in [3.8, 4) is 0 Å². The molecule has 0 aliphatic heterocycles. The molecule has 0 aliphatic carbocycles. The lowest BCUT2D eigenvalue weighted by atomic mass is 10.3. The molecule has 0 saturated carbocycles. The van der Waals surface area contributed by atoms with E-state index in [-0.39, 0.29) is 11.7 Å². The Bertz CT molecular complexity index is 572. The van der Waals surface area contributed by atoms with Gasteiger partial charge in [-0.05, 0) is 24.3 Å². The van der Waals surface area contributed by atoms with E-state index in [0.29, 0.717) is 11.4 Å². The van der Waals surface area contributed by atoms with E-state index in [2.05, 4.69) is 4.98 Å². The van der Waals surface area contributed by atoms with Gasteiger partial charge in [0.1, 0.15) is 5.69 Å². The van der Waals surface area contributed by atoms with Crippen LogP contribution in [0.1, 0.15) is 27.9 Å². The highest BCUT2D eigenvalue weighted by atomic mass is 16.2. The molecule has 0 spiro atoms. The number of rotatable bonds is 3. The molecule has 0 radical (unpaired) electrons. The van der Waals surface area contributed by atoms with Gasteiger partial charge >= 0.3 is 0 Å². The van der Waals surface area contributed by atoms with E-state index in [1.54, 1.807) is 19.2 Å². The van der Waals surface area contributed by atoms with Crippen molar-refractivity contribution < 1.29 is 9.59 Å². The van der Waals surface area contributed by atoms with Gasteiger partial charge in [0.05, 0.1) is 5.69 Å². The van der Waals surface area contributed by atoms with Crippen molar-refractivity contribution in [2.45, 2.75) is 6.92 Å². The maximum absolute atomic E-state index is 12.2. The van der Waals surface area contributed by atoms with E-state index in [0.717, 1.165) is 5.69 Å². The van der Waals surface area contributed by atoms with Crippen molar-refractivity contribution in [1.82, 2.24) is 4.98 Å². The Balaban J connectivity index is 2.23. The average molecular weight is 242 g/mol. The van der Waals surface area contributed by atoms with Crippen molar-refractivity contribution in [2.24, 2.45) is 0 Å². The molecule has 0 atom stereocenters. The number of carbonyl (C=O) groups is 2. The molecular formula is C14H14N2O2. The standard InChI is InChI=1S/C14H14N2O2/c1-10(17)12-8-9-13(15-12)14(18)16(2)11-6-4-3-5-7-11/h3-9,15H,1-2H3. The minimum atomic E-state index is -0.172. The largest absolute Gasteiger partial charge is 0.348 e. The Kier molecular flexibility index (Phi) is 3.28. The number of aromatic amines is 1. The van der Waals surface area contributed by atoms with Gasteiger partial charge in [-0.3, -0.25) is 9.59 Å². The summed E-state index contributed by atoms with van der Waals surface area (Å²) in [5.41, 5.74) is 1.66. The summed E-state index contributed by atoms with van der Waals surface area (Å²) in [6, 6.07) is 12.6. The number of amides is 1. The Morgan fingerprint density at radius 1 is 1.00 bits per heavy atom. The SMILES string of the molecule is CC(=O)c1ccc(C(=O)N(C)c2ccccc2)[nH]1. The second-order valence-electron chi connectivity index (χ2n) is 4.04. The molecule has 4 heteroatoms. The van der Waals surface area contributed by atoms with Crippen LogP contribution >= 0.6 is 0 Å². The van der Waals surface area contributed by atoms with E-state index < -0.39 is 0 Å². The van der Waals surface area contributed by atoms with Crippen LogP contribution in [-0.4, -0.2) is 23.7 Å². The second kappa shape index (κ2) is 4.87. The lowest BCUT2D eigenvalue weighted by Crippen LogP contribution is -2.26. The van der Waals surface area contributed by atoms with Gasteiger partial charge in [-0.15, -0.1) is 0 Å². The third-order valence-electron chi connectivity index (χ3n) is 2.74. The van der Waals surface area contributed by atoms with E-state index in [4.69, 9.17) is 0 Å². The van der Waals surface area contributed by atoms with Gasteiger partial charge < -0.3 is 9.88 Å². The number of benzene rings is 1. The first-order valence-corrected chi connectivity index (χ1v) is 5.62. The van der Waals surface area contributed by atoms with Gasteiger partial charge in [-0.1, -0.05) is 18.2 Å². The number of H-pyrrole nitrogens is 1. The molecule has 4 nitrogen and oxygen atoms in total. The quantitative estimate of drug-likeness (QED) is 0.841. The third-order valence-corrected chi connectivity index (χ3v) is 2.74. The minimum absolute atomic E-state index is 0.0867. The zero-order chi connectivity index (χ0) is 13.1. The van der Waals surface area contributed by atoms with Crippen LogP contribution in [0.3, 0.4) is 0 Å². The van der Waals surface area contributed by atoms with Crippen LogP contribution in [0.2, 0.25) is 0 Å². The first-order valence-electron chi connectivity index (χ1n) is 5.62. The molecule has 1 heterocycles. The number of carbonyl (C=O) groups excluding carboxylic acids is 2. The fourth-order valence-electron chi connectivity index (χ4n) is 1.67. The van der Waals surface area contributed by atoms with E-state index in [9.17, 15) is 9.59 Å². The molecule has 0 saturated heterocycles. The topological polar surface area (TPSA) is 53.2 Å². The van der Waals surface area contributed by atoms with Crippen LogP contribution in [0.15, 0.2) is 42.5 Å². The van der Waals surface area contributed by atoms with Gasteiger partial charge in [0, 0.05) is 19.7 Å². The second-order valence-corrected chi connectivity index (χ2v) is 4.04. The summed E-state index contributed by atoms with van der Waals surface area (Å²) in [4.78, 5) is 27.7. The fourth-order valence-corrected chi connectivity index (χ4v) is 1.67. The number of Topliss-reactive ketones (excluding diaryl/α,β-unsaturated/α-hetero) is 1. The summed E-state index contributed by atoms with van der Waals surface area (Å²) in [6.07, 6.45) is 0. The number of nitrogens with one attached hydrogen (secondary N) is 1. The molecule has 1 aromatic heterocycles. The monoisotopic (exact) mass is 242 g/mol. The fraction of sp³-hybridized carbons (Fsp3) is 0.143. The lowest BCUT2D eigenvalue weighted by molar-refractivity contribution is 0.0989. The van der Waals surface area contributed by atoms with Crippen LogP contribution in [0.4, 0.5) is 5.69 Å². The molecule has 0 fully saturated rings. The number of hydrogen-bond donors (Lipinski definition) is 1. The van der Waals surface area contributed by atoms with Gasteiger partial charge in [-0.2, -0.15) is 0 Å². The number of para-hydroxylation sites is 1. The van der Waals surface area contributed by atoms with Crippen LogP contribution in [0, 0.1) is 0 Å². The number of hydrogen-bond acceptors (Lipinski definition) is 2. The van der Waals surface area contributed by atoms with Gasteiger partial charge in [0.2, 0.25) is 0 Å². The van der Waals surface area contributed by atoms with Crippen LogP contribution < -0.4 is 4.90 Å². The Labute approximate surface area is 105 Å². The maximum atomic E-state index is 12.2. The van der Waals surface area contributed by atoms with Crippen molar-refractivity contribution >= 4 is 17.4 Å². The van der Waals surface area contributed by atoms with Crippen molar-refractivity contribution in [1.29, 1.82) is 0 Å². The highest BCUT2D eigenvalue weighted by Gasteiger charge is 2.15. The van der Waals surface area contributed by atoms with Crippen molar-refractivity contribution in [2.75, 3.05) is 11.9 Å². The number of ketones is 1. The molecule has 2 rings (SSSR count). The molecule has 0 unspecified atom stereocenters. The molecule has 1 N–H and O–H groups in total. The third kappa shape index (κ3) is 2.32. The van der Waals surface area contributed by atoms with Gasteiger partial charge in [0.15, 0.2) is 5.78 Å². The van der Waals surface area contributed by atoms with Crippen LogP contribution in [-0.2, 0) is 0 Å². The molecule has 0 bridgehead atoms. The zero-order valence-corrected chi connectivity index (χ0v) is 10.3. The zero-order valence-electron chi connectivity index (χ0n) is 10.3. The van der Waals surface area contributed by atoms with E-state index >= 15 is 0 Å². The summed E-state index contributed by atoms with van der Waals surface area (Å²) in [6.45, 7) is 1.46. The van der Waals surface area contributed by atoms with Crippen LogP contribution in [0.25, 0.3) is 0 Å². The highest BCUT2D eigenvalue weighted by molar-refractivity contribution is 6.05. The first-order chi connectivity index (χ1) is 8.59. The minimum Gasteiger partial charge on any atom is -0.348 e. The molecule has 18 heavy (non-hydrogen) atoms. The molecule has 1 amide bonds. The Hall–Kier alpha value is -2.36. The predicted molar refractivity (Wildman–Crippen MR) is 70.0 cm³/mol. The normalized spacial score (nSPS) is 10.1. The van der Waals surface area contributed by atoms with E-state index in [1.807, 2.05) is 30.3 Å². The smallest absolute Gasteiger partial charge is 0.274 e. The molecular weight excluding hydrogens is 228 g/mol. The van der Waals surface area contributed by atoms with Crippen molar-refractivity contribution in [3.63, 3.8) is 0 Å². The van der Waals surface area contributed by atoms with Gasteiger partial charge in [-0.25, -0.2) is 0 Å². The van der Waals surface area contributed by atoms with Crippen LogP contribution in [0.5, 0.6) is 0 Å². The Morgan fingerprint density at radius 2 is 1.61 bits per heavy atom. The molecule has 0 aliphatic rings. The average Bonchev–Trinajstić information content (AvgIpc) is 2.88. The lowest BCUT2D eigenvalue weighted by Gasteiger charge is -2.16. The number of aromatic nitrogens is 1. The highest BCUT2D eigenvalue weighted by Crippen LogP contribution is 2.14. The molecule has 1 aromatic carbocycles. The summed E-state index contributed by atoms with van der Waals surface area (Å²) in [5.74, 6) is -0.259. The molecule has 92 valence electrons. The number of anilines is 1. The molecule has 2 aromatic rings. The summed E-state index contributed by atoms with van der Waals surface area (Å²) in [7, 11) is 1.70. The van der Waals surface area contributed by atoms with Gasteiger partial charge in [0.25, 0.3) is 5.91 Å². The van der Waals surface area contributed by atoms with Crippen molar-refractivity contribution in [3.05, 3.63) is 53.9 Å². The number of nitrogens with zero attached hydrogens (tertiary/aromatic N) is 1. The predicted octanol–water partition coefficient (Wildman–Crippen LogP) is 2.49. The maximum Gasteiger partial charge on any atom is 0.274 e. The summed E-state index contributed by atoms with van der Waals surface area (Å²) >= 11 is 0. The summed E-state index contributed by atoms with van der Waals surface area (Å²) < 4.78 is 0. The van der Waals surface area contributed by atoms with E-state index in [1.165, 1.54) is 11.8 Å². The first kappa shape index (κ1) is 12.1.